The number of hydrogen-bond acceptors (Lipinski definition) is 3. The van der Waals surface area contributed by atoms with Crippen LogP contribution >= 0.6 is 0 Å². The van der Waals surface area contributed by atoms with Gasteiger partial charge in [-0.05, 0) is 30.9 Å². The number of aromatic nitrogens is 1. The fraction of sp³-hybridized carbons (Fsp3) is 0.438. The molecule has 3 rings (SSSR count). The molecule has 1 unspecified atom stereocenters. The molecule has 1 atom stereocenters. The van der Waals surface area contributed by atoms with E-state index in [0.29, 0.717) is 0 Å². The summed E-state index contributed by atoms with van der Waals surface area (Å²) in [6.07, 6.45) is 2.50. The SMILES string of the molecule is CC(C)C(=O)NC1CCc2[nH]c3cc(O)c(O)cc3c2C1. The topological polar surface area (TPSA) is 85.4 Å². The Morgan fingerprint density at radius 1 is 1.33 bits per heavy atom. The second kappa shape index (κ2) is 4.98. The highest BCUT2D eigenvalue weighted by atomic mass is 16.3. The number of H-pyrrole nitrogens is 1. The second-order valence-corrected chi connectivity index (χ2v) is 6.07. The molecule has 5 heteroatoms. The van der Waals surface area contributed by atoms with Gasteiger partial charge in [-0.2, -0.15) is 0 Å². The Kier molecular flexibility index (Phi) is 3.27. The van der Waals surface area contributed by atoms with E-state index in [9.17, 15) is 15.0 Å². The van der Waals surface area contributed by atoms with Crippen molar-refractivity contribution in [2.45, 2.75) is 39.2 Å². The second-order valence-electron chi connectivity index (χ2n) is 6.07. The van der Waals surface area contributed by atoms with Crippen LogP contribution in [0.3, 0.4) is 0 Å². The van der Waals surface area contributed by atoms with Gasteiger partial charge in [0.25, 0.3) is 0 Å². The summed E-state index contributed by atoms with van der Waals surface area (Å²) in [5.74, 6) is -0.178. The predicted octanol–water partition coefficient (Wildman–Crippen LogP) is 2.21. The Labute approximate surface area is 123 Å². The first-order valence-electron chi connectivity index (χ1n) is 7.31. The van der Waals surface area contributed by atoms with Gasteiger partial charge in [0.15, 0.2) is 11.5 Å². The molecule has 112 valence electrons. The first-order chi connectivity index (χ1) is 9.95. The number of amides is 1. The molecule has 1 aromatic heterocycles. The maximum absolute atomic E-state index is 11.8. The first kappa shape index (κ1) is 13.8. The van der Waals surface area contributed by atoms with Crippen LogP contribution in [0.1, 0.15) is 31.5 Å². The number of fused-ring (bicyclic) bond motifs is 3. The maximum atomic E-state index is 11.8. The minimum Gasteiger partial charge on any atom is -0.504 e. The highest BCUT2D eigenvalue weighted by Gasteiger charge is 2.24. The number of phenols is 2. The maximum Gasteiger partial charge on any atom is 0.222 e. The number of aromatic amines is 1. The standard InChI is InChI=1S/C16H20N2O3/c1-8(2)16(21)17-9-3-4-12-10(5-9)11-6-14(19)15(20)7-13(11)18-12/h6-9,18-20H,3-5H2,1-2H3,(H,17,21). The van der Waals surface area contributed by atoms with Crippen LogP contribution in [-0.4, -0.2) is 27.1 Å². The normalized spacial score (nSPS) is 18.0. The molecular weight excluding hydrogens is 268 g/mol. The Bertz CT molecular complexity index is 703. The highest BCUT2D eigenvalue weighted by Crippen LogP contribution is 2.35. The van der Waals surface area contributed by atoms with Gasteiger partial charge in [0.2, 0.25) is 5.91 Å². The minimum absolute atomic E-state index is 0.0182. The minimum atomic E-state index is -0.120. The molecule has 0 fully saturated rings. The van der Waals surface area contributed by atoms with Gasteiger partial charge in [0.05, 0.1) is 0 Å². The van der Waals surface area contributed by atoms with Gasteiger partial charge in [-0.25, -0.2) is 0 Å². The molecule has 21 heavy (non-hydrogen) atoms. The summed E-state index contributed by atoms with van der Waals surface area (Å²) in [7, 11) is 0. The number of hydrogen-bond donors (Lipinski definition) is 4. The number of aryl methyl sites for hydroxylation is 1. The lowest BCUT2D eigenvalue weighted by molar-refractivity contribution is -0.124. The van der Waals surface area contributed by atoms with Crippen LogP contribution in [0.5, 0.6) is 11.5 Å². The van der Waals surface area contributed by atoms with Crippen LogP contribution in [0.4, 0.5) is 0 Å². The summed E-state index contributed by atoms with van der Waals surface area (Å²) in [6.45, 7) is 3.77. The van der Waals surface area contributed by atoms with Gasteiger partial charge in [-0.15, -0.1) is 0 Å². The Morgan fingerprint density at radius 2 is 2.05 bits per heavy atom. The largest absolute Gasteiger partial charge is 0.504 e. The first-order valence-corrected chi connectivity index (χ1v) is 7.31. The number of phenolic OH excluding ortho intramolecular Hbond substituents is 2. The van der Waals surface area contributed by atoms with E-state index in [1.807, 2.05) is 13.8 Å². The van der Waals surface area contributed by atoms with Crippen molar-refractivity contribution in [2.24, 2.45) is 5.92 Å². The number of carbonyl (C=O) groups is 1. The highest BCUT2D eigenvalue weighted by molar-refractivity contribution is 5.88. The van der Waals surface area contributed by atoms with E-state index in [1.165, 1.54) is 0 Å². The van der Waals surface area contributed by atoms with Crippen LogP contribution in [0.25, 0.3) is 10.9 Å². The van der Waals surface area contributed by atoms with E-state index >= 15 is 0 Å². The average Bonchev–Trinajstić information content (AvgIpc) is 2.76. The molecule has 5 nitrogen and oxygen atoms in total. The molecule has 0 saturated carbocycles. The molecule has 0 saturated heterocycles. The lowest BCUT2D eigenvalue weighted by atomic mass is 9.91. The van der Waals surface area contributed by atoms with Crippen LogP contribution in [0, 0.1) is 5.92 Å². The number of aromatic hydroxyl groups is 2. The van der Waals surface area contributed by atoms with Crippen molar-refractivity contribution in [1.29, 1.82) is 0 Å². The fourth-order valence-corrected chi connectivity index (χ4v) is 2.94. The van der Waals surface area contributed by atoms with Crippen LogP contribution in [0.2, 0.25) is 0 Å². The summed E-state index contributed by atoms with van der Waals surface area (Å²) >= 11 is 0. The number of benzene rings is 1. The Morgan fingerprint density at radius 3 is 2.76 bits per heavy atom. The van der Waals surface area contributed by atoms with Crippen molar-refractivity contribution in [3.63, 3.8) is 0 Å². The van der Waals surface area contributed by atoms with Crippen molar-refractivity contribution < 1.29 is 15.0 Å². The summed E-state index contributed by atoms with van der Waals surface area (Å²) in [6, 6.07) is 3.26. The van der Waals surface area contributed by atoms with Gasteiger partial charge in [0.1, 0.15) is 0 Å². The van der Waals surface area contributed by atoms with E-state index in [4.69, 9.17) is 0 Å². The quantitative estimate of drug-likeness (QED) is 0.639. The summed E-state index contributed by atoms with van der Waals surface area (Å²) in [5, 5.41) is 23.3. The molecule has 2 aromatic rings. The zero-order valence-corrected chi connectivity index (χ0v) is 12.2. The van der Waals surface area contributed by atoms with E-state index < -0.39 is 0 Å². The molecule has 0 spiro atoms. The molecule has 0 bridgehead atoms. The predicted molar refractivity (Wildman–Crippen MR) is 80.4 cm³/mol. The van der Waals surface area contributed by atoms with Crippen molar-refractivity contribution in [1.82, 2.24) is 10.3 Å². The molecule has 1 aliphatic rings. The molecule has 0 radical (unpaired) electrons. The summed E-state index contributed by atoms with van der Waals surface area (Å²) in [5.41, 5.74) is 3.08. The molecule has 1 amide bonds. The lowest BCUT2D eigenvalue weighted by Crippen LogP contribution is -2.40. The van der Waals surface area contributed by atoms with Gasteiger partial charge in [0, 0.05) is 34.6 Å². The summed E-state index contributed by atoms with van der Waals surface area (Å²) in [4.78, 5) is 15.1. The van der Waals surface area contributed by atoms with E-state index in [2.05, 4.69) is 10.3 Å². The van der Waals surface area contributed by atoms with Gasteiger partial charge in [-0.1, -0.05) is 13.8 Å². The molecular formula is C16H20N2O3. The lowest BCUT2D eigenvalue weighted by Gasteiger charge is -2.24. The molecule has 1 heterocycles. The fourth-order valence-electron chi connectivity index (χ4n) is 2.94. The number of carbonyl (C=O) groups excluding carboxylic acids is 1. The van der Waals surface area contributed by atoms with Gasteiger partial charge < -0.3 is 20.5 Å². The number of nitrogens with one attached hydrogen (secondary N) is 2. The van der Waals surface area contributed by atoms with E-state index in [-0.39, 0.29) is 29.4 Å². The smallest absolute Gasteiger partial charge is 0.222 e. The van der Waals surface area contributed by atoms with Gasteiger partial charge in [-0.3, -0.25) is 4.79 Å². The zero-order valence-electron chi connectivity index (χ0n) is 12.2. The number of rotatable bonds is 2. The third-order valence-electron chi connectivity index (χ3n) is 4.15. The zero-order chi connectivity index (χ0) is 15.1. The van der Waals surface area contributed by atoms with E-state index in [1.54, 1.807) is 12.1 Å². The molecule has 4 N–H and O–H groups in total. The van der Waals surface area contributed by atoms with Crippen molar-refractivity contribution >= 4 is 16.8 Å². The van der Waals surface area contributed by atoms with Crippen molar-refractivity contribution in [2.75, 3.05) is 0 Å². The third kappa shape index (κ3) is 2.44. The Balaban J connectivity index is 1.91. The third-order valence-corrected chi connectivity index (χ3v) is 4.15. The van der Waals surface area contributed by atoms with Crippen LogP contribution in [0.15, 0.2) is 12.1 Å². The van der Waals surface area contributed by atoms with Crippen molar-refractivity contribution in [3.8, 4) is 11.5 Å². The summed E-state index contributed by atoms with van der Waals surface area (Å²) < 4.78 is 0. The van der Waals surface area contributed by atoms with Crippen LogP contribution in [-0.2, 0) is 17.6 Å². The van der Waals surface area contributed by atoms with E-state index in [0.717, 1.165) is 41.4 Å². The van der Waals surface area contributed by atoms with Gasteiger partial charge >= 0.3 is 0 Å². The monoisotopic (exact) mass is 288 g/mol. The van der Waals surface area contributed by atoms with Crippen molar-refractivity contribution in [3.05, 3.63) is 23.4 Å². The molecule has 1 aromatic carbocycles. The van der Waals surface area contributed by atoms with Crippen LogP contribution < -0.4 is 5.32 Å². The average molecular weight is 288 g/mol. The Hall–Kier alpha value is -2.17. The molecule has 0 aliphatic heterocycles. The molecule has 1 aliphatic carbocycles.